The van der Waals surface area contributed by atoms with Gasteiger partial charge in [-0.2, -0.15) is 0 Å². The molecule has 1 aromatic heterocycles. The lowest BCUT2D eigenvalue weighted by Gasteiger charge is -2.09. The predicted octanol–water partition coefficient (Wildman–Crippen LogP) is 3.73. The van der Waals surface area contributed by atoms with Crippen LogP contribution in [-0.4, -0.2) is 10.4 Å². The largest absolute Gasteiger partial charge is 0.345 e. The molecule has 1 aromatic carbocycles. The van der Waals surface area contributed by atoms with Gasteiger partial charge in [0, 0.05) is 28.7 Å². The third kappa shape index (κ3) is 1.64. The van der Waals surface area contributed by atoms with Gasteiger partial charge in [0.1, 0.15) is 0 Å². The van der Waals surface area contributed by atoms with Crippen LogP contribution in [0.2, 0.25) is 0 Å². The van der Waals surface area contributed by atoms with Gasteiger partial charge in [-0.3, -0.25) is 4.79 Å². The van der Waals surface area contributed by atoms with Crippen LogP contribution >= 0.6 is 0 Å². The van der Waals surface area contributed by atoms with Crippen LogP contribution in [0.25, 0.3) is 10.9 Å². The standard InChI is InChI=1S/C14H17NO/c1-9(2)15-8-10(3)13-6-5-12(11(4)16)7-14(13)15/h5-9H,1-4H3. The zero-order valence-corrected chi connectivity index (χ0v) is 10.2. The summed E-state index contributed by atoms with van der Waals surface area (Å²) in [7, 11) is 0. The number of Topliss-reactive ketones (excluding diaryl/α,β-unsaturated/α-hetero) is 1. The second kappa shape index (κ2) is 3.78. The van der Waals surface area contributed by atoms with Crippen molar-refractivity contribution in [2.24, 2.45) is 0 Å². The molecule has 2 aromatic rings. The lowest BCUT2D eigenvalue weighted by atomic mass is 10.1. The highest BCUT2D eigenvalue weighted by atomic mass is 16.1. The van der Waals surface area contributed by atoms with Crippen LogP contribution in [0.1, 0.15) is 42.7 Å². The molecule has 0 radical (unpaired) electrons. The first-order chi connectivity index (χ1) is 7.50. The lowest BCUT2D eigenvalue weighted by molar-refractivity contribution is 0.101. The van der Waals surface area contributed by atoms with E-state index in [9.17, 15) is 4.79 Å². The Morgan fingerprint density at radius 1 is 1.31 bits per heavy atom. The highest BCUT2D eigenvalue weighted by Crippen LogP contribution is 2.25. The molecule has 16 heavy (non-hydrogen) atoms. The molecule has 0 spiro atoms. The van der Waals surface area contributed by atoms with E-state index in [1.807, 2.05) is 18.2 Å². The van der Waals surface area contributed by atoms with E-state index in [0.29, 0.717) is 6.04 Å². The summed E-state index contributed by atoms with van der Waals surface area (Å²) < 4.78 is 2.22. The Morgan fingerprint density at radius 3 is 2.56 bits per heavy atom. The number of nitrogens with zero attached hydrogens (tertiary/aromatic N) is 1. The molecule has 84 valence electrons. The van der Waals surface area contributed by atoms with Crippen LogP contribution in [0.4, 0.5) is 0 Å². The van der Waals surface area contributed by atoms with Crippen molar-refractivity contribution >= 4 is 16.7 Å². The molecule has 0 aliphatic rings. The Balaban J connectivity index is 2.74. The number of benzene rings is 1. The number of carbonyl (C=O) groups excluding carboxylic acids is 1. The Labute approximate surface area is 95.9 Å². The van der Waals surface area contributed by atoms with Crippen LogP contribution in [0.5, 0.6) is 0 Å². The van der Waals surface area contributed by atoms with Crippen LogP contribution in [0.15, 0.2) is 24.4 Å². The Morgan fingerprint density at radius 2 is 2.00 bits per heavy atom. The molecule has 0 aliphatic carbocycles. The van der Waals surface area contributed by atoms with Crippen molar-refractivity contribution in [1.82, 2.24) is 4.57 Å². The van der Waals surface area contributed by atoms with E-state index in [0.717, 1.165) is 11.1 Å². The van der Waals surface area contributed by atoms with E-state index in [4.69, 9.17) is 0 Å². The summed E-state index contributed by atoms with van der Waals surface area (Å²) in [5.41, 5.74) is 3.20. The van der Waals surface area contributed by atoms with Crippen molar-refractivity contribution in [3.63, 3.8) is 0 Å². The molecule has 2 rings (SSSR count). The number of hydrogen-bond acceptors (Lipinski definition) is 1. The fourth-order valence-corrected chi connectivity index (χ4v) is 2.07. The van der Waals surface area contributed by atoms with Gasteiger partial charge in [0.25, 0.3) is 0 Å². The van der Waals surface area contributed by atoms with Crippen molar-refractivity contribution in [3.05, 3.63) is 35.5 Å². The maximum atomic E-state index is 11.4. The van der Waals surface area contributed by atoms with Gasteiger partial charge in [0.05, 0.1) is 0 Å². The number of hydrogen-bond donors (Lipinski definition) is 0. The summed E-state index contributed by atoms with van der Waals surface area (Å²) >= 11 is 0. The number of rotatable bonds is 2. The third-order valence-electron chi connectivity index (χ3n) is 3.00. The average molecular weight is 215 g/mol. The maximum absolute atomic E-state index is 11.4. The molecule has 0 N–H and O–H groups in total. The van der Waals surface area contributed by atoms with Gasteiger partial charge in [-0.25, -0.2) is 0 Å². The molecular formula is C14H17NO. The molecule has 0 unspecified atom stereocenters. The summed E-state index contributed by atoms with van der Waals surface area (Å²) in [6.45, 7) is 8.02. The van der Waals surface area contributed by atoms with Crippen molar-refractivity contribution in [3.8, 4) is 0 Å². The van der Waals surface area contributed by atoms with Crippen LogP contribution < -0.4 is 0 Å². The van der Waals surface area contributed by atoms with Crippen LogP contribution in [-0.2, 0) is 0 Å². The summed E-state index contributed by atoms with van der Waals surface area (Å²) in [4.78, 5) is 11.4. The zero-order valence-electron chi connectivity index (χ0n) is 10.2. The highest BCUT2D eigenvalue weighted by Gasteiger charge is 2.09. The highest BCUT2D eigenvalue weighted by molar-refractivity contribution is 5.98. The van der Waals surface area contributed by atoms with Gasteiger partial charge in [-0.15, -0.1) is 0 Å². The topological polar surface area (TPSA) is 22.0 Å². The lowest BCUT2D eigenvalue weighted by Crippen LogP contribution is -1.99. The Kier molecular flexibility index (Phi) is 2.58. The van der Waals surface area contributed by atoms with Gasteiger partial charge in [0.2, 0.25) is 0 Å². The van der Waals surface area contributed by atoms with E-state index < -0.39 is 0 Å². The van der Waals surface area contributed by atoms with Crippen molar-refractivity contribution in [2.75, 3.05) is 0 Å². The summed E-state index contributed by atoms with van der Waals surface area (Å²) in [5, 5.41) is 1.23. The van der Waals surface area contributed by atoms with Gasteiger partial charge in [-0.05, 0) is 39.3 Å². The molecule has 0 bridgehead atoms. The monoisotopic (exact) mass is 215 g/mol. The van der Waals surface area contributed by atoms with Gasteiger partial charge >= 0.3 is 0 Å². The fourth-order valence-electron chi connectivity index (χ4n) is 2.07. The predicted molar refractivity (Wildman–Crippen MR) is 67.1 cm³/mol. The smallest absolute Gasteiger partial charge is 0.159 e. The minimum Gasteiger partial charge on any atom is -0.345 e. The van der Waals surface area contributed by atoms with Crippen LogP contribution in [0.3, 0.4) is 0 Å². The van der Waals surface area contributed by atoms with E-state index in [1.165, 1.54) is 10.9 Å². The number of aromatic nitrogens is 1. The molecule has 0 saturated carbocycles. The number of fused-ring (bicyclic) bond motifs is 1. The molecule has 1 heterocycles. The van der Waals surface area contributed by atoms with Crippen molar-refractivity contribution < 1.29 is 4.79 Å². The van der Waals surface area contributed by atoms with Crippen molar-refractivity contribution in [2.45, 2.75) is 33.7 Å². The second-order valence-electron chi connectivity index (χ2n) is 4.60. The number of aryl methyl sites for hydroxylation is 1. The molecule has 0 aliphatic heterocycles. The first kappa shape index (κ1) is 10.9. The maximum Gasteiger partial charge on any atom is 0.159 e. The minimum absolute atomic E-state index is 0.121. The number of carbonyl (C=O) groups is 1. The summed E-state index contributed by atoms with van der Waals surface area (Å²) in [5.74, 6) is 0.121. The van der Waals surface area contributed by atoms with E-state index in [1.54, 1.807) is 6.92 Å². The fraction of sp³-hybridized carbons (Fsp3) is 0.357. The van der Waals surface area contributed by atoms with Crippen molar-refractivity contribution in [1.29, 1.82) is 0 Å². The Hall–Kier alpha value is -1.57. The van der Waals surface area contributed by atoms with Gasteiger partial charge in [-0.1, -0.05) is 12.1 Å². The third-order valence-corrected chi connectivity index (χ3v) is 3.00. The quantitative estimate of drug-likeness (QED) is 0.699. The SMILES string of the molecule is CC(=O)c1ccc2c(C)cn(C(C)C)c2c1. The number of ketones is 1. The van der Waals surface area contributed by atoms with Gasteiger partial charge < -0.3 is 4.57 Å². The van der Waals surface area contributed by atoms with E-state index in [2.05, 4.69) is 31.5 Å². The molecule has 2 nitrogen and oxygen atoms in total. The van der Waals surface area contributed by atoms with Gasteiger partial charge in [0.15, 0.2) is 5.78 Å². The van der Waals surface area contributed by atoms with E-state index >= 15 is 0 Å². The van der Waals surface area contributed by atoms with Crippen LogP contribution in [0, 0.1) is 6.92 Å². The second-order valence-corrected chi connectivity index (χ2v) is 4.60. The molecule has 0 atom stereocenters. The minimum atomic E-state index is 0.121. The first-order valence-corrected chi connectivity index (χ1v) is 5.63. The molecule has 2 heteroatoms. The molecular weight excluding hydrogens is 198 g/mol. The molecule has 0 fully saturated rings. The zero-order chi connectivity index (χ0) is 11.9. The average Bonchev–Trinajstić information content (AvgIpc) is 2.56. The molecule has 0 saturated heterocycles. The first-order valence-electron chi connectivity index (χ1n) is 5.63. The Bertz CT molecular complexity index is 549. The molecule has 0 amide bonds. The normalized spacial score (nSPS) is 11.3. The summed E-state index contributed by atoms with van der Waals surface area (Å²) in [6.07, 6.45) is 2.15. The summed E-state index contributed by atoms with van der Waals surface area (Å²) in [6, 6.07) is 6.35. The van der Waals surface area contributed by atoms with E-state index in [-0.39, 0.29) is 5.78 Å².